The molecule has 9 heteroatoms. The van der Waals surface area contributed by atoms with Crippen LogP contribution in [0.5, 0.6) is 0 Å². The number of amides is 2. The van der Waals surface area contributed by atoms with Gasteiger partial charge < -0.3 is 20.7 Å². The Kier molecular flexibility index (Phi) is 10.6. The number of nitrogens with zero attached hydrogens (tertiary/aromatic N) is 1. The van der Waals surface area contributed by atoms with Crippen molar-refractivity contribution in [3.63, 3.8) is 0 Å². The predicted octanol–water partition coefficient (Wildman–Crippen LogP) is 1.74. The first-order valence-corrected chi connectivity index (χ1v) is 8.92. The molecule has 0 aliphatic carbocycles. The normalized spacial score (nSPS) is 19.9. The maximum Gasteiger partial charge on any atom is 0.238 e. The van der Waals surface area contributed by atoms with E-state index < -0.39 is 0 Å². The number of piperidine rings is 1. The summed E-state index contributed by atoms with van der Waals surface area (Å²) in [6.07, 6.45) is 1.96. The molecule has 0 aromatic heterocycles. The number of anilines is 2. The lowest BCUT2D eigenvalue weighted by atomic mass is 9.99. The highest BCUT2D eigenvalue weighted by Gasteiger charge is 2.20. The Bertz CT molecular complexity index is 589. The number of morpholine rings is 1. The molecule has 0 radical (unpaired) electrons. The average molecular weight is 419 g/mol. The van der Waals surface area contributed by atoms with Gasteiger partial charge in [0.25, 0.3) is 0 Å². The second kappa shape index (κ2) is 12.2. The van der Waals surface area contributed by atoms with Crippen molar-refractivity contribution in [2.75, 3.05) is 56.6 Å². The summed E-state index contributed by atoms with van der Waals surface area (Å²) in [6.45, 7) is 5.03. The van der Waals surface area contributed by atoms with Gasteiger partial charge in [-0.25, -0.2) is 0 Å². The van der Waals surface area contributed by atoms with E-state index >= 15 is 0 Å². The SMILES string of the molecule is Cl.Cl.O=C(CN1CCOCC1)Nc1ccc(NC(=O)C2CCCNC2)cc1. The van der Waals surface area contributed by atoms with Crippen LogP contribution in [-0.4, -0.2) is 62.7 Å². The molecule has 2 aliphatic rings. The van der Waals surface area contributed by atoms with E-state index in [4.69, 9.17) is 4.74 Å². The minimum absolute atomic E-state index is 0. The van der Waals surface area contributed by atoms with Gasteiger partial charge in [-0.1, -0.05) is 0 Å². The van der Waals surface area contributed by atoms with E-state index in [1.807, 2.05) is 24.3 Å². The van der Waals surface area contributed by atoms with Gasteiger partial charge in [0.2, 0.25) is 11.8 Å². The third-order valence-corrected chi connectivity index (χ3v) is 4.57. The Morgan fingerprint density at radius 3 is 2.30 bits per heavy atom. The lowest BCUT2D eigenvalue weighted by molar-refractivity contribution is -0.120. The van der Waals surface area contributed by atoms with Crippen LogP contribution in [0.1, 0.15) is 12.8 Å². The fraction of sp³-hybridized carbons (Fsp3) is 0.556. The van der Waals surface area contributed by atoms with Crippen LogP contribution in [0.4, 0.5) is 11.4 Å². The van der Waals surface area contributed by atoms with Gasteiger partial charge in [0.15, 0.2) is 0 Å². The Balaban J connectivity index is 0.00000182. The van der Waals surface area contributed by atoms with Crippen molar-refractivity contribution in [1.29, 1.82) is 0 Å². The number of benzene rings is 1. The van der Waals surface area contributed by atoms with Crippen LogP contribution in [-0.2, 0) is 14.3 Å². The van der Waals surface area contributed by atoms with E-state index in [9.17, 15) is 9.59 Å². The van der Waals surface area contributed by atoms with Crippen LogP contribution in [0.2, 0.25) is 0 Å². The molecule has 2 fully saturated rings. The van der Waals surface area contributed by atoms with Crippen molar-refractivity contribution in [1.82, 2.24) is 10.2 Å². The maximum atomic E-state index is 12.2. The number of nitrogens with one attached hydrogen (secondary N) is 3. The van der Waals surface area contributed by atoms with Gasteiger partial charge in [-0.2, -0.15) is 0 Å². The van der Waals surface area contributed by atoms with Crippen LogP contribution in [0.3, 0.4) is 0 Å². The lowest BCUT2D eigenvalue weighted by Gasteiger charge is -2.25. The molecular formula is C18H28Cl2N4O3. The Labute approximate surface area is 172 Å². The number of carbonyl (C=O) groups is 2. The average Bonchev–Trinajstić information content (AvgIpc) is 2.65. The topological polar surface area (TPSA) is 82.7 Å². The van der Waals surface area contributed by atoms with Crippen molar-refractivity contribution in [3.8, 4) is 0 Å². The first-order chi connectivity index (χ1) is 12.2. The molecule has 1 atom stereocenters. The molecular weight excluding hydrogens is 391 g/mol. The third kappa shape index (κ3) is 7.63. The molecule has 1 aromatic rings. The third-order valence-electron chi connectivity index (χ3n) is 4.57. The van der Waals surface area contributed by atoms with Gasteiger partial charge in [0, 0.05) is 31.0 Å². The molecule has 2 saturated heterocycles. The van der Waals surface area contributed by atoms with Gasteiger partial charge in [-0.05, 0) is 43.7 Å². The van der Waals surface area contributed by atoms with Crippen molar-refractivity contribution < 1.29 is 14.3 Å². The summed E-state index contributed by atoms with van der Waals surface area (Å²) < 4.78 is 5.28. The molecule has 2 amide bonds. The second-order valence-electron chi connectivity index (χ2n) is 6.55. The molecule has 7 nitrogen and oxygen atoms in total. The van der Waals surface area contributed by atoms with Gasteiger partial charge in [-0.3, -0.25) is 14.5 Å². The van der Waals surface area contributed by atoms with E-state index in [0.29, 0.717) is 19.8 Å². The van der Waals surface area contributed by atoms with E-state index in [1.54, 1.807) is 0 Å². The molecule has 2 heterocycles. The van der Waals surface area contributed by atoms with Crippen LogP contribution in [0.15, 0.2) is 24.3 Å². The molecule has 1 aromatic carbocycles. The highest BCUT2D eigenvalue weighted by Crippen LogP contribution is 2.17. The summed E-state index contributed by atoms with van der Waals surface area (Å²) in [4.78, 5) is 26.4. The van der Waals surface area contributed by atoms with Gasteiger partial charge >= 0.3 is 0 Å². The standard InChI is InChI=1S/C18H26N4O3.2ClH/c23-17(13-22-8-10-25-11-9-22)20-15-3-5-16(6-4-15)21-18(24)14-2-1-7-19-12-14;;/h3-6,14,19H,1-2,7-13H2,(H,20,23)(H,21,24);2*1H. The van der Waals surface area contributed by atoms with Crippen LogP contribution < -0.4 is 16.0 Å². The summed E-state index contributed by atoms with van der Waals surface area (Å²) >= 11 is 0. The molecule has 0 bridgehead atoms. The van der Waals surface area contributed by atoms with Gasteiger partial charge in [-0.15, -0.1) is 24.8 Å². The molecule has 152 valence electrons. The number of rotatable bonds is 5. The molecule has 27 heavy (non-hydrogen) atoms. The van der Waals surface area contributed by atoms with Crippen LogP contribution >= 0.6 is 24.8 Å². The summed E-state index contributed by atoms with van der Waals surface area (Å²) in [6, 6.07) is 7.26. The number of hydrogen-bond acceptors (Lipinski definition) is 5. The van der Waals surface area contributed by atoms with Gasteiger partial charge in [0.05, 0.1) is 25.7 Å². The lowest BCUT2D eigenvalue weighted by Crippen LogP contribution is -2.41. The summed E-state index contributed by atoms with van der Waals surface area (Å²) in [5.41, 5.74) is 1.48. The van der Waals surface area contributed by atoms with Gasteiger partial charge in [0.1, 0.15) is 0 Å². The fourth-order valence-electron chi connectivity index (χ4n) is 3.12. The van der Waals surface area contributed by atoms with Crippen molar-refractivity contribution in [2.24, 2.45) is 5.92 Å². The number of hydrogen-bond donors (Lipinski definition) is 3. The van der Waals surface area contributed by atoms with E-state index in [0.717, 1.165) is 50.4 Å². The van der Waals surface area contributed by atoms with Crippen molar-refractivity contribution in [3.05, 3.63) is 24.3 Å². The number of ether oxygens (including phenoxy) is 1. The predicted molar refractivity (Wildman–Crippen MR) is 111 cm³/mol. The van der Waals surface area contributed by atoms with E-state index in [2.05, 4.69) is 20.9 Å². The molecule has 3 N–H and O–H groups in total. The molecule has 1 unspecified atom stereocenters. The number of carbonyl (C=O) groups excluding carboxylic acids is 2. The summed E-state index contributed by atoms with van der Waals surface area (Å²) in [5, 5.41) is 9.08. The van der Waals surface area contributed by atoms with Crippen LogP contribution in [0, 0.1) is 5.92 Å². The molecule has 2 aliphatic heterocycles. The minimum atomic E-state index is -0.0352. The highest BCUT2D eigenvalue weighted by molar-refractivity contribution is 5.94. The first-order valence-electron chi connectivity index (χ1n) is 8.92. The Hall–Kier alpha value is -1.38. The van der Waals surface area contributed by atoms with E-state index in [1.165, 1.54) is 0 Å². The minimum Gasteiger partial charge on any atom is -0.379 e. The number of halogens is 2. The summed E-state index contributed by atoms with van der Waals surface area (Å²) in [7, 11) is 0. The zero-order valence-corrected chi connectivity index (χ0v) is 16.9. The van der Waals surface area contributed by atoms with E-state index in [-0.39, 0.29) is 42.5 Å². The quantitative estimate of drug-likeness (QED) is 0.678. The van der Waals surface area contributed by atoms with Crippen LogP contribution in [0.25, 0.3) is 0 Å². The monoisotopic (exact) mass is 418 g/mol. The smallest absolute Gasteiger partial charge is 0.238 e. The molecule has 0 saturated carbocycles. The molecule has 0 spiro atoms. The van der Waals surface area contributed by atoms with Crippen molar-refractivity contribution in [2.45, 2.75) is 12.8 Å². The van der Waals surface area contributed by atoms with Crippen molar-refractivity contribution >= 4 is 48.0 Å². The Morgan fingerprint density at radius 2 is 1.70 bits per heavy atom. The highest BCUT2D eigenvalue weighted by atomic mass is 35.5. The largest absolute Gasteiger partial charge is 0.379 e. The fourth-order valence-corrected chi connectivity index (χ4v) is 3.12. The Morgan fingerprint density at radius 1 is 1.07 bits per heavy atom. The molecule has 3 rings (SSSR count). The second-order valence-corrected chi connectivity index (χ2v) is 6.55. The first kappa shape index (κ1) is 23.7. The maximum absolute atomic E-state index is 12.2. The zero-order chi connectivity index (χ0) is 17.5. The zero-order valence-electron chi connectivity index (χ0n) is 15.2. The summed E-state index contributed by atoms with van der Waals surface area (Å²) in [5.74, 6) is 0.0462.